The van der Waals surface area contributed by atoms with E-state index in [-0.39, 0.29) is 5.69 Å². The molecule has 0 aromatic heterocycles. The fraction of sp³-hybridized carbons (Fsp3) is 0.333. The predicted octanol–water partition coefficient (Wildman–Crippen LogP) is 2.23. The summed E-state index contributed by atoms with van der Waals surface area (Å²) in [7, 11) is -4.45. The first kappa shape index (κ1) is 13.8. The van der Waals surface area contributed by atoms with Crippen molar-refractivity contribution in [2.75, 3.05) is 11.3 Å². The lowest BCUT2D eigenvalue weighted by molar-refractivity contribution is -0.152. The Kier molecular flexibility index (Phi) is 3.99. The van der Waals surface area contributed by atoms with Crippen LogP contribution in [0.1, 0.15) is 5.56 Å². The van der Waals surface area contributed by atoms with Gasteiger partial charge in [0.05, 0.1) is 5.69 Å². The van der Waals surface area contributed by atoms with E-state index < -0.39 is 23.1 Å². The van der Waals surface area contributed by atoms with Crippen LogP contribution in [0.3, 0.4) is 0 Å². The molecule has 0 atom stereocenters. The number of halogens is 3. The number of alkyl halides is 3. The molecular weight excluding hydrogens is 259 g/mol. The lowest BCUT2D eigenvalue weighted by Gasteiger charge is -2.10. The van der Waals surface area contributed by atoms with Gasteiger partial charge >= 0.3 is 16.5 Å². The van der Waals surface area contributed by atoms with Gasteiger partial charge in [-0.15, -0.1) is 0 Å². The van der Waals surface area contributed by atoms with Gasteiger partial charge in [0.2, 0.25) is 0 Å². The van der Waals surface area contributed by atoms with E-state index >= 15 is 0 Å². The number of nitrogens with one attached hydrogen (secondary N) is 1. The summed E-state index contributed by atoms with van der Waals surface area (Å²) in [5.74, 6) is 0. The highest BCUT2D eigenvalue weighted by Gasteiger charge is 2.30. The third-order valence-electron chi connectivity index (χ3n) is 1.64. The molecule has 1 N–H and O–H groups in total. The molecule has 0 saturated carbocycles. The lowest BCUT2D eigenvalue weighted by atomic mass is 10.2. The molecule has 0 amide bonds. The van der Waals surface area contributed by atoms with E-state index in [1.165, 1.54) is 12.1 Å². The number of hydrogen-bond donors (Lipinski definition) is 1. The van der Waals surface area contributed by atoms with Crippen molar-refractivity contribution in [3.63, 3.8) is 0 Å². The largest absolute Gasteiger partial charge is 0.413 e. The molecule has 96 valence electrons. The van der Waals surface area contributed by atoms with Crippen LogP contribution in [0.2, 0.25) is 0 Å². The predicted molar refractivity (Wildman–Crippen MR) is 55.7 cm³/mol. The Morgan fingerprint density at radius 3 is 2.53 bits per heavy atom. The molecule has 0 aliphatic rings. The molecule has 0 saturated heterocycles. The number of aryl methyl sites for hydroxylation is 1. The monoisotopic (exact) mass is 269 g/mol. The fourth-order valence-corrected chi connectivity index (χ4v) is 1.79. The average molecular weight is 269 g/mol. The maximum atomic E-state index is 11.8. The van der Waals surface area contributed by atoms with E-state index in [0.717, 1.165) is 5.56 Å². The molecule has 8 heteroatoms. The van der Waals surface area contributed by atoms with Crippen LogP contribution in [0.25, 0.3) is 0 Å². The van der Waals surface area contributed by atoms with Crippen LogP contribution in [-0.2, 0) is 14.5 Å². The molecule has 0 spiro atoms. The molecule has 0 unspecified atom stereocenters. The summed E-state index contributed by atoms with van der Waals surface area (Å²) in [6.07, 6.45) is -4.69. The van der Waals surface area contributed by atoms with Crippen molar-refractivity contribution in [2.24, 2.45) is 0 Å². The van der Waals surface area contributed by atoms with E-state index in [1.807, 2.05) is 4.72 Å². The van der Waals surface area contributed by atoms with Gasteiger partial charge in [-0.25, -0.2) is 4.18 Å². The molecule has 0 aliphatic heterocycles. The van der Waals surface area contributed by atoms with E-state index in [1.54, 1.807) is 19.1 Å². The van der Waals surface area contributed by atoms with Crippen molar-refractivity contribution in [2.45, 2.75) is 13.1 Å². The highest BCUT2D eigenvalue weighted by Crippen LogP contribution is 2.17. The van der Waals surface area contributed by atoms with Gasteiger partial charge < -0.3 is 0 Å². The molecule has 0 radical (unpaired) electrons. The maximum absolute atomic E-state index is 11.8. The second-order valence-corrected chi connectivity index (χ2v) is 4.65. The molecule has 0 fully saturated rings. The number of benzene rings is 1. The van der Waals surface area contributed by atoms with Crippen molar-refractivity contribution < 1.29 is 25.8 Å². The Balaban J connectivity index is 2.67. The summed E-state index contributed by atoms with van der Waals surface area (Å²) in [4.78, 5) is 0. The quantitative estimate of drug-likeness (QED) is 0.912. The molecule has 1 aromatic carbocycles. The molecule has 1 aromatic rings. The summed E-state index contributed by atoms with van der Waals surface area (Å²) in [6, 6.07) is 6.15. The van der Waals surface area contributed by atoms with Gasteiger partial charge in [0.1, 0.15) is 0 Å². The SMILES string of the molecule is Cc1cccc(NS(=O)(=O)OCC(F)(F)F)c1. The maximum Gasteiger partial charge on any atom is 0.413 e. The van der Waals surface area contributed by atoms with Gasteiger partial charge in [0.15, 0.2) is 6.61 Å². The molecule has 0 heterocycles. The first-order chi connectivity index (χ1) is 7.68. The standard InChI is InChI=1S/C9H10F3NO3S/c1-7-3-2-4-8(5-7)13-17(14,15)16-6-9(10,11)12/h2-5,13H,6H2,1H3. The molecule has 0 aliphatic carbocycles. The second-order valence-electron chi connectivity index (χ2n) is 3.30. The Labute approximate surface area is 96.7 Å². The van der Waals surface area contributed by atoms with Crippen LogP contribution < -0.4 is 4.72 Å². The zero-order valence-electron chi connectivity index (χ0n) is 8.78. The minimum absolute atomic E-state index is 0.146. The Morgan fingerprint density at radius 2 is 2.00 bits per heavy atom. The minimum Gasteiger partial charge on any atom is -0.261 e. The van der Waals surface area contributed by atoms with Gasteiger partial charge in [-0.05, 0) is 24.6 Å². The normalized spacial score (nSPS) is 12.5. The van der Waals surface area contributed by atoms with Crippen LogP contribution in [0, 0.1) is 6.92 Å². The number of hydrogen-bond acceptors (Lipinski definition) is 3. The lowest BCUT2D eigenvalue weighted by Crippen LogP contribution is -2.24. The van der Waals surface area contributed by atoms with E-state index in [4.69, 9.17) is 0 Å². The van der Waals surface area contributed by atoms with Crippen LogP contribution in [0.5, 0.6) is 0 Å². The number of rotatable bonds is 4. The van der Waals surface area contributed by atoms with Crippen molar-refractivity contribution in [3.8, 4) is 0 Å². The van der Waals surface area contributed by atoms with Crippen molar-refractivity contribution >= 4 is 16.0 Å². The van der Waals surface area contributed by atoms with Crippen LogP contribution in [0.4, 0.5) is 18.9 Å². The topological polar surface area (TPSA) is 55.4 Å². The zero-order valence-corrected chi connectivity index (χ0v) is 9.60. The minimum atomic E-state index is -4.69. The number of anilines is 1. The second kappa shape index (κ2) is 4.92. The van der Waals surface area contributed by atoms with Gasteiger partial charge in [-0.1, -0.05) is 12.1 Å². The zero-order chi connectivity index (χ0) is 13.1. The van der Waals surface area contributed by atoms with Crippen molar-refractivity contribution in [3.05, 3.63) is 29.8 Å². The average Bonchev–Trinajstić information content (AvgIpc) is 2.13. The Hall–Kier alpha value is -1.28. The van der Waals surface area contributed by atoms with Crippen LogP contribution in [-0.4, -0.2) is 21.2 Å². The molecule has 1 rings (SSSR count). The third kappa shape index (κ3) is 5.55. The van der Waals surface area contributed by atoms with Gasteiger partial charge in [0, 0.05) is 0 Å². The third-order valence-corrected chi connectivity index (χ3v) is 2.55. The van der Waals surface area contributed by atoms with Gasteiger partial charge in [-0.3, -0.25) is 4.72 Å². The van der Waals surface area contributed by atoms with Gasteiger partial charge in [-0.2, -0.15) is 21.6 Å². The highest BCUT2D eigenvalue weighted by atomic mass is 32.2. The van der Waals surface area contributed by atoms with Crippen molar-refractivity contribution in [1.29, 1.82) is 0 Å². The summed E-state index contributed by atoms with van der Waals surface area (Å²) < 4.78 is 63.2. The molecule has 17 heavy (non-hydrogen) atoms. The molecular formula is C9H10F3NO3S. The van der Waals surface area contributed by atoms with Crippen molar-refractivity contribution in [1.82, 2.24) is 0 Å². The Bertz CT molecular complexity index is 485. The molecule has 0 bridgehead atoms. The van der Waals surface area contributed by atoms with Crippen LogP contribution in [0.15, 0.2) is 24.3 Å². The summed E-state index contributed by atoms with van der Waals surface area (Å²) >= 11 is 0. The van der Waals surface area contributed by atoms with E-state index in [9.17, 15) is 21.6 Å². The highest BCUT2D eigenvalue weighted by molar-refractivity contribution is 7.88. The summed E-state index contributed by atoms with van der Waals surface area (Å²) in [5, 5.41) is 0. The summed E-state index contributed by atoms with van der Waals surface area (Å²) in [6.45, 7) is -0.136. The summed E-state index contributed by atoms with van der Waals surface area (Å²) in [5.41, 5.74) is 0.910. The van der Waals surface area contributed by atoms with E-state index in [2.05, 4.69) is 4.18 Å². The molecule has 4 nitrogen and oxygen atoms in total. The fourth-order valence-electron chi connectivity index (χ4n) is 1.03. The smallest absolute Gasteiger partial charge is 0.261 e. The van der Waals surface area contributed by atoms with E-state index in [0.29, 0.717) is 0 Å². The first-order valence-electron chi connectivity index (χ1n) is 4.48. The Morgan fingerprint density at radius 1 is 1.35 bits per heavy atom. The van der Waals surface area contributed by atoms with Crippen LogP contribution >= 0.6 is 0 Å². The first-order valence-corrected chi connectivity index (χ1v) is 5.89. The van der Waals surface area contributed by atoms with Gasteiger partial charge in [0.25, 0.3) is 0 Å².